The Balaban J connectivity index is 2.02. The van der Waals surface area contributed by atoms with E-state index in [1.807, 2.05) is 13.0 Å². The van der Waals surface area contributed by atoms with Crippen molar-refractivity contribution in [2.45, 2.75) is 26.7 Å². The smallest absolute Gasteiger partial charge is 0.160 e. The molecule has 0 atom stereocenters. The molecule has 1 aliphatic heterocycles. The summed E-state index contributed by atoms with van der Waals surface area (Å²) in [4.78, 5) is 4.24. The molecule has 4 nitrogen and oxygen atoms in total. The molecule has 2 rings (SSSR count). The fourth-order valence-corrected chi connectivity index (χ4v) is 2.20. The number of ether oxygens (including phenoxy) is 2. The van der Waals surface area contributed by atoms with Crippen molar-refractivity contribution in [3.05, 3.63) is 18.0 Å². The SMILES string of the molecule is COc1cnc(C)cc1NCC1(C)CCOCC1. The van der Waals surface area contributed by atoms with E-state index in [-0.39, 0.29) is 0 Å². The van der Waals surface area contributed by atoms with E-state index in [9.17, 15) is 0 Å². The molecule has 1 N–H and O–H groups in total. The topological polar surface area (TPSA) is 43.4 Å². The number of anilines is 1. The van der Waals surface area contributed by atoms with Gasteiger partial charge in [0.05, 0.1) is 19.0 Å². The highest BCUT2D eigenvalue weighted by Gasteiger charge is 2.27. The first-order valence-corrected chi connectivity index (χ1v) is 6.45. The molecule has 0 radical (unpaired) electrons. The molecule has 18 heavy (non-hydrogen) atoms. The van der Waals surface area contributed by atoms with E-state index in [1.54, 1.807) is 13.3 Å². The van der Waals surface area contributed by atoms with Crippen LogP contribution in [0.4, 0.5) is 5.69 Å². The van der Waals surface area contributed by atoms with Crippen LogP contribution >= 0.6 is 0 Å². The van der Waals surface area contributed by atoms with Crippen molar-refractivity contribution >= 4 is 5.69 Å². The molecule has 2 heterocycles. The predicted molar refractivity (Wildman–Crippen MR) is 72.2 cm³/mol. The first-order valence-electron chi connectivity index (χ1n) is 6.45. The van der Waals surface area contributed by atoms with Gasteiger partial charge in [0.15, 0.2) is 5.75 Å². The highest BCUT2D eigenvalue weighted by atomic mass is 16.5. The number of hydrogen-bond donors (Lipinski definition) is 1. The third-order valence-corrected chi connectivity index (χ3v) is 3.63. The van der Waals surface area contributed by atoms with Gasteiger partial charge < -0.3 is 14.8 Å². The minimum Gasteiger partial charge on any atom is -0.493 e. The average molecular weight is 250 g/mol. The Hall–Kier alpha value is -1.29. The van der Waals surface area contributed by atoms with Gasteiger partial charge in [-0.25, -0.2) is 0 Å². The van der Waals surface area contributed by atoms with E-state index >= 15 is 0 Å². The molecule has 0 aromatic carbocycles. The Morgan fingerprint density at radius 2 is 2.17 bits per heavy atom. The monoisotopic (exact) mass is 250 g/mol. The van der Waals surface area contributed by atoms with Crippen molar-refractivity contribution in [2.75, 3.05) is 32.2 Å². The Bertz CT molecular complexity index is 401. The second kappa shape index (κ2) is 5.57. The van der Waals surface area contributed by atoms with Crippen molar-refractivity contribution in [3.8, 4) is 5.75 Å². The van der Waals surface area contributed by atoms with Crippen LogP contribution < -0.4 is 10.1 Å². The highest BCUT2D eigenvalue weighted by Crippen LogP contribution is 2.31. The summed E-state index contributed by atoms with van der Waals surface area (Å²) < 4.78 is 10.7. The maximum absolute atomic E-state index is 5.42. The largest absolute Gasteiger partial charge is 0.493 e. The zero-order valence-corrected chi connectivity index (χ0v) is 11.5. The van der Waals surface area contributed by atoms with Crippen molar-refractivity contribution in [1.82, 2.24) is 4.98 Å². The summed E-state index contributed by atoms with van der Waals surface area (Å²) >= 11 is 0. The van der Waals surface area contributed by atoms with Crippen LogP contribution in [0.15, 0.2) is 12.3 Å². The van der Waals surface area contributed by atoms with Gasteiger partial charge in [-0.05, 0) is 31.2 Å². The normalized spacial score (nSPS) is 18.4. The number of aromatic nitrogens is 1. The lowest BCUT2D eigenvalue weighted by Crippen LogP contribution is -2.33. The van der Waals surface area contributed by atoms with Crippen LogP contribution in [0.2, 0.25) is 0 Å². The van der Waals surface area contributed by atoms with Crippen LogP contribution in [0.25, 0.3) is 0 Å². The number of methoxy groups -OCH3 is 1. The van der Waals surface area contributed by atoms with Crippen molar-refractivity contribution < 1.29 is 9.47 Å². The van der Waals surface area contributed by atoms with Crippen molar-refractivity contribution in [2.24, 2.45) is 5.41 Å². The molecule has 0 amide bonds. The molecular weight excluding hydrogens is 228 g/mol. The molecule has 0 saturated carbocycles. The molecule has 0 bridgehead atoms. The number of nitrogens with one attached hydrogen (secondary N) is 1. The lowest BCUT2D eigenvalue weighted by atomic mass is 9.82. The maximum atomic E-state index is 5.42. The summed E-state index contributed by atoms with van der Waals surface area (Å²) in [5.41, 5.74) is 2.33. The minimum absolute atomic E-state index is 0.306. The lowest BCUT2D eigenvalue weighted by molar-refractivity contribution is 0.0300. The van der Waals surface area contributed by atoms with Crippen LogP contribution in [0.5, 0.6) is 5.75 Å². The van der Waals surface area contributed by atoms with Gasteiger partial charge >= 0.3 is 0 Å². The number of pyridine rings is 1. The van der Waals surface area contributed by atoms with Crippen LogP contribution in [0, 0.1) is 12.3 Å². The number of rotatable bonds is 4. The van der Waals surface area contributed by atoms with E-state index < -0.39 is 0 Å². The fraction of sp³-hybridized carbons (Fsp3) is 0.643. The van der Waals surface area contributed by atoms with Crippen LogP contribution in [-0.4, -0.2) is 31.9 Å². The Morgan fingerprint density at radius 3 is 2.83 bits per heavy atom. The van der Waals surface area contributed by atoms with E-state index in [2.05, 4.69) is 17.2 Å². The Morgan fingerprint density at radius 1 is 1.44 bits per heavy atom. The molecule has 4 heteroatoms. The quantitative estimate of drug-likeness (QED) is 0.892. The van der Waals surface area contributed by atoms with Gasteiger partial charge in [0.25, 0.3) is 0 Å². The first kappa shape index (κ1) is 13.1. The van der Waals surface area contributed by atoms with Crippen LogP contribution in [-0.2, 0) is 4.74 Å². The van der Waals surface area contributed by atoms with Gasteiger partial charge in [-0.1, -0.05) is 6.92 Å². The molecule has 1 saturated heterocycles. The van der Waals surface area contributed by atoms with E-state index in [4.69, 9.17) is 9.47 Å². The number of nitrogens with zero attached hydrogens (tertiary/aromatic N) is 1. The third kappa shape index (κ3) is 3.13. The van der Waals surface area contributed by atoms with Crippen LogP contribution in [0.3, 0.4) is 0 Å². The van der Waals surface area contributed by atoms with Gasteiger partial charge in [0, 0.05) is 25.5 Å². The molecule has 100 valence electrons. The summed E-state index contributed by atoms with van der Waals surface area (Å²) in [5, 5.41) is 3.49. The maximum Gasteiger partial charge on any atom is 0.160 e. The summed E-state index contributed by atoms with van der Waals surface area (Å²) in [5.74, 6) is 0.802. The molecule has 0 spiro atoms. The van der Waals surface area contributed by atoms with Gasteiger partial charge in [-0.2, -0.15) is 0 Å². The highest BCUT2D eigenvalue weighted by molar-refractivity contribution is 5.56. The summed E-state index contributed by atoms with van der Waals surface area (Å²) in [6, 6.07) is 2.03. The van der Waals surface area contributed by atoms with Crippen LogP contribution in [0.1, 0.15) is 25.5 Å². The van der Waals surface area contributed by atoms with Crippen molar-refractivity contribution in [3.63, 3.8) is 0 Å². The molecular formula is C14H22N2O2. The van der Waals surface area contributed by atoms with Gasteiger partial charge in [-0.15, -0.1) is 0 Å². The standard InChI is InChI=1S/C14H22N2O2/c1-11-8-12(13(17-3)9-15-11)16-10-14(2)4-6-18-7-5-14/h8-9H,4-7,10H2,1-3H3,(H,15,16). The third-order valence-electron chi connectivity index (χ3n) is 3.63. The van der Waals surface area contributed by atoms with E-state index in [1.165, 1.54) is 0 Å². The lowest BCUT2D eigenvalue weighted by Gasteiger charge is -2.34. The first-order chi connectivity index (χ1) is 8.63. The fourth-order valence-electron chi connectivity index (χ4n) is 2.20. The Labute approximate surface area is 109 Å². The zero-order valence-electron chi connectivity index (χ0n) is 11.5. The molecule has 1 aromatic rings. The minimum atomic E-state index is 0.306. The summed E-state index contributed by atoms with van der Waals surface area (Å²) in [6.45, 7) is 6.97. The van der Waals surface area contributed by atoms with Crippen molar-refractivity contribution in [1.29, 1.82) is 0 Å². The van der Waals surface area contributed by atoms with Gasteiger partial charge in [-0.3, -0.25) is 4.98 Å². The molecule has 0 aliphatic carbocycles. The number of hydrogen-bond acceptors (Lipinski definition) is 4. The predicted octanol–water partition coefficient (Wildman–Crippen LogP) is 2.63. The van der Waals surface area contributed by atoms with Gasteiger partial charge in [0.1, 0.15) is 0 Å². The summed E-state index contributed by atoms with van der Waals surface area (Å²) in [7, 11) is 1.67. The van der Waals surface area contributed by atoms with E-state index in [0.29, 0.717) is 5.41 Å². The summed E-state index contributed by atoms with van der Waals surface area (Å²) in [6.07, 6.45) is 3.97. The Kier molecular flexibility index (Phi) is 4.07. The van der Waals surface area contributed by atoms with Gasteiger partial charge in [0.2, 0.25) is 0 Å². The average Bonchev–Trinajstić information content (AvgIpc) is 2.38. The number of aryl methyl sites for hydroxylation is 1. The molecule has 1 aromatic heterocycles. The molecule has 0 unspecified atom stereocenters. The molecule has 1 fully saturated rings. The second-order valence-electron chi connectivity index (χ2n) is 5.30. The van der Waals surface area contributed by atoms with E-state index in [0.717, 1.165) is 49.7 Å². The second-order valence-corrected chi connectivity index (χ2v) is 5.30. The molecule has 1 aliphatic rings. The zero-order chi connectivity index (χ0) is 13.0.